The van der Waals surface area contributed by atoms with Crippen LogP contribution in [0, 0.1) is 0 Å². The molecular weight excluding hydrogens is 636 g/mol. The summed E-state index contributed by atoms with van der Waals surface area (Å²) >= 11 is 1.02. The van der Waals surface area contributed by atoms with Gasteiger partial charge in [0.2, 0.25) is 5.43 Å². The Balaban J connectivity index is 1.66. The van der Waals surface area contributed by atoms with Crippen LogP contribution in [0.15, 0.2) is 89.8 Å². The molecule has 0 unspecified atom stereocenters. The van der Waals surface area contributed by atoms with E-state index < -0.39 is 29.0 Å². The Bertz CT molecular complexity index is 2030. The van der Waals surface area contributed by atoms with Crippen molar-refractivity contribution in [2.24, 2.45) is 0 Å². The van der Waals surface area contributed by atoms with E-state index >= 15 is 0 Å². The molecular formula is C35H35F2N7O3S. The molecule has 0 saturated heterocycles. The zero-order valence-electron chi connectivity index (χ0n) is 26.7. The van der Waals surface area contributed by atoms with E-state index in [4.69, 9.17) is 0 Å². The Morgan fingerprint density at radius 2 is 1.85 bits per heavy atom. The van der Waals surface area contributed by atoms with Crippen molar-refractivity contribution in [2.75, 3.05) is 39.0 Å². The lowest BCUT2D eigenvalue weighted by molar-refractivity contribution is 0.0484. The number of fused-ring (bicyclic) bond motifs is 1. The Kier molecular flexibility index (Phi) is 10.4. The summed E-state index contributed by atoms with van der Waals surface area (Å²) in [6.07, 6.45) is 3.62. The van der Waals surface area contributed by atoms with Gasteiger partial charge < -0.3 is 20.1 Å². The van der Waals surface area contributed by atoms with Gasteiger partial charge in [0.15, 0.2) is 0 Å². The number of nitrogens with zero attached hydrogens (tertiary/aromatic N) is 4. The van der Waals surface area contributed by atoms with Gasteiger partial charge in [0.05, 0.1) is 5.52 Å². The van der Waals surface area contributed by atoms with Crippen LogP contribution in [-0.4, -0.2) is 65.1 Å². The number of rotatable bonds is 12. The van der Waals surface area contributed by atoms with E-state index in [1.165, 1.54) is 11.6 Å². The Labute approximate surface area is 280 Å². The highest BCUT2D eigenvalue weighted by Crippen LogP contribution is 2.39. The van der Waals surface area contributed by atoms with Crippen LogP contribution in [0.1, 0.15) is 28.5 Å². The number of alkyl halides is 2. The molecule has 0 radical (unpaired) electrons. The van der Waals surface area contributed by atoms with E-state index in [1.54, 1.807) is 37.4 Å². The van der Waals surface area contributed by atoms with Crippen molar-refractivity contribution in [1.82, 2.24) is 30.1 Å². The maximum Gasteiger partial charge on any atom is 0.320 e. The number of halogens is 2. The second-order valence-corrected chi connectivity index (χ2v) is 12.1. The van der Waals surface area contributed by atoms with Crippen molar-refractivity contribution >= 4 is 40.0 Å². The summed E-state index contributed by atoms with van der Waals surface area (Å²) in [5, 5.41) is 9.99. The number of aromatic nitrogens is 3. The van der Waals surface area contributed by atoms with Gasteiger partial charge in [-0.05, 0) is 56.4 Å². The Morgan fingerprint density at radius 1 is 1.08 bits per heavy atom. The molecule has 5 rings (SSSR count). The average Bonchev–Trinajstić information content (AvgIpc) is 3.58. The van der Waals surface area contributed by atoms with Gasteiger partial charge in [0.25, 0.3) is 5.91 Å². The highest BCUT2D eigenvalue weighted by Gasteiger charge is 2.31. The minimum absolute atomic E-state index is 0.0199. The molecule has 0 spiro atoms. The lowest BCUT2D eigenvalue weighted by Crippen LogP contribution is -2.34. The fraction of sp³-hybridized carbons (Fsp3) is 0.229. The number of benzene rings is 2. The number of likely N-dealkylation sites (N-methyl/N-ethyl adjacent to an activating group) is 1. The number of carbonyl (C=O) groups excluding carboxylic acids is 2. The van der Waals surface area contributed by atoms with Crippen LogP contribution in [0.25, 0.3) is 32.6 Å². The largest absolute Gasteiger partial charge is 0.351 e. The predicted octanol–water partition coefficient (Wildman–Crippen LogP) is 5.95. The number of hydrogen-bond donors (Lipinski definition) is 3. The number of hydrogen-bond acceptors (Lipinski definition) is 7. The van der Waals surface area contributed by atoms with Crippen LogP contribution >= 0.6 is 11.3 Å². The van der Waals surface area contributed by atoms with E-state index in [2.05, 4.69) is 32.5 Å². The quantitative estimate of drug-likeness (QED) is 0.141. The van der Waals surface area contributed by atoms with Crippen molar-refractivity contribution in [3.05, 3.63) is 112 Å². The second-order valence-electron chi connectivity index (χ2n) is 11.2. The number of carbonyl (C=O) groups is 2. The average molecular weight is 672 g/mol. The molecule has 0 bridgehead atoms. The van der Waals surface area contributed by atoms with Gasteiger partial charge in [-0.15, -0.1) is 11.3 Å². The Hall–Kier alpha value is -5.27. The van der Waals surface area contributed by atoms with Crippen molar-refractivity contribution in [1.29, 1.82) is 0 Å². The van der Waals surface area contributed by atoms with Gasteiger partial charge in [-0.2, -0.15) is 8.78 Å². The maximum absolute atomic E-state index is 14.5. The van der Waals surface area contributed by atoms with Crippen LogP contribution in [0.2, 0.25) is 0 Å². The van der Waals surface area contributed by atoms with Gasteiger partial charge in [0.1, 0.15) is 22.1 Å². The first-order chi connectivity index (χ1) is 23.0. The first-order valence-corrected chi connectivity index (χ1v) is 16.1. The van der Waals surface area contributed by atoms with Crippen molar-refractivity contribution < 1.29 is 18.4 Å². The summed E-state index contributed by atoms with van der Waals surface area (Å²) in [7, 11) is 3.79. The normalized spacial score (nSPS) is 11.5. The van der Waals surface area contributed by atoms with E-state index in [0.29, 0.717) is 59.8 Å². The highest BCUT2D eigenvalue weighted by molar-refractivity contribution is 7.13. The third-order valence-corrected chi connectivity index (χ3v) is 8.37. The number of pyridine rings is 2. The van der Waals surface area contributed by atoms with Crippen LogP contribution < -0.4 is 21.4 Å². The number of allylic oxidation sites excluding steroid dienone is 1. The van der Waals surface area contributed by atoms with E-state index in [9.17, 15) is 23.2 Å². The van der Waals surface area contributed by atoms with Crippen molar-refractivity contribution in [3.8, 4) is 21.7 Å². The SMILES string of the molecule is C=CC(F)(F)c1csc(-c2cc(NC(=O)NCC)ncc2-c2ccc3c(=O)c(C(=O)NCCN(C)C)cn(Cc4ccccc4)c3c2)n1. The number of nitrogens with one attached hydrogen (secondary N) is 3. The maximum atomic E-state index is 14.5. The number of urea groups is 1. The van der Waals surface area contributed by atoms with E-state index in [0.717, 1.165) is 16.9 Å². The highest BCUT2D eigenvalue weighted by atomic mass is 32.1. The predicted molar refractivity (Wildman–Crippen MR) is 186 cm³/mol. The zero-order chi connectivity index (χ0) is 34.4. The third kappa shape index (κ3) is 7.64. The molecule has 3 amide bonds. The molecule has 0 fully saturated rings. The lowest BCUT2D eigenvalue weighted by Gasteiger charge is -2.16. The molecule has 13 heteroatoms. The van der Waals surface area contributed by atoms with Gasteiger partial charge in [0, 0.05) is 60.5 Å². The molecule has 0 aliphatic rings. The zero-order valence-corrected chi connectivity index (χ0v) is 27.5. The summed E-state index contributed by atoms with van der Waals surface area (Å²) < 4.78 is 30.8. The fourth-order valence-electron chi connectivity index (χ4n) is 5.03. The monoisotopic (exact) mass is 671 g/mol. The van der Waals surface area contributed by atoms with Gasteiger partial charge in [-0.3, -0.25) is 14.9 Å². The lowest BCUT2D eigenvalue weighted by atomic mass is 9.99. The van der Waals surface area contributed by atoms with Crippen LogP contribution in [-0.2, 0) is 12.5 Å². The number of thiazole rings is 1. The molecule has 0 atom stereocenters. The third-order valence-electron chi connectivity index (χ3n) is 7.49. The van der Waals surface area contributed by atoms with Gasteiger partial charge in [-0.1, -0.05) is 43.0 Å². The molecule has 0 aliphatic carbocycles. The standard InChI is InChI=1S/C35H35F2N7O3S/c1-5-35(36,37)29-21-48-33(41-29)25-17-30(42-34(47)38-6-2)40-18-26(25)23-12-13-24-28(16-23)44(19-22-10-8-7-9-11-22)20-27(31(24)45)32(46)39-14-15-43(3)4/h5,7-13,16-18,20-21H,1,6,14-15,19H2,2-4H3,(H,39,46)(H2,38,40,42,47). The smallest absolute Gasteiger partial charge is 0.320 e. The van der Waals surface area contributed by atoms with Gasteiger partial charge in [-0.25, -0.2) is 14.8 Å². The molecule has 3 N–H and O–H groups in total. The molecule has 48 heavy (non-hydrogen) atoms. The summed E-state index contributed by atoms with van der Waals surface area (Å²) in [4.78, 5) is 49.7. The summed E-state index contributed by atoms with van der Waals surface area (Å²) in [6, 6.07) is 15.9. The number of anilines is 1. The fourth-order valence-corrected chi connectivity index (χ4v) is 5.91. The molecule has 10 nitrogen and oxygen atoms in total. The van der Waals surface area contributed by atoms with E-state index in [-0.39, 0.29) is 16.4 Å². The van der Waals surface area contributed by atoms with Crippen LogP contribution in [0.3, 0.4) is 0 Å². The van der Waals surface area contributed by atoms with Crippen LogP contribution in [0.5, 0.6) is 0 Å². The topological polar surface area (TPSA) is 121 Å². The second kappa shape index (κ2) is 14.7. The summed E-state index contributed by atoms with van der Waals surface area (Å²) in [6.45, 7) is 6.75. The minimum atomic E-state index is -3.34. The van der Waals surface area contributed by atoms with Gasteiger partial charge >= 0.3 is 12.0 Å². The molecule has 0 saturated carbocycles. The van der Waals surface area contributed by atoms with Crippen molar-refractivity contribution in [3.63, 3.8) is 0 Å². The molecule has 2 aromatic carbocycles. The molecule has 5 aromatic rings. The molecule has 3 aromatic heterocycles. The minimum Gasteiger partial charge on any atom is -0.351 e. The summed E-state index contributed by atoms with van der Waals surface area (Å²) in [5.41, 5.74) is 2.25. The van der Waals surface area contributed by atoms with E-state index in [1.807, 2.05) is 53.9 Å². The summed E-state index contributed by atoms with van der Waals surface area (Å²) in [5.74, 6) is -3.61. The molecule has 3 heterocycles. The van der Waals surface area contributed by atoms with Crippen LogP contribution in [0.4, 0.5) is 19.4 Å². The first-order valence-electron chi connectivity index (χ1n) is 15.2. The molecule has 0 aliphatic heterocycles. The molecule has 248 valence electrons. The Morgan fingerprint density at radius 3 is 2.56 bits per heavy atom. The first kappa shape index (κ1) is 34.1. The van der Waals surface area contributed by atoms with Crippen molar-refractivity contribution in [2.45, 2.75) is 19.4 Å². The number of amides is 3.